The Morgan fingerprint density at radius 3 is 2.60 bits per heavy atom. The van der Waals surface area contributed by atoms with Crippen LogP contribution in [0.15, 0.2) is 11.6 Å². The van der Waals surface area contributed by atoms with Gasteiger partial charge in [-0.15, -0.1) is 0 Å². The second kappa shape index (κ2) is 6.88. The molecule has 1 aliphatic heterocycles. The van der Waals surface area contributed by atoms with Crippen molar-refractivity contribution in [3.05, 3.63) is 11.6 Å². The van der Waals surface area contributed by atoms with Crippen molar-refractivity contribution in [3.8, 4) is 0 Å². The van der Waals surface area contributed by atoms with Crippen LogP contribution in [0.25, 0.3) is 0 Å². The van der Waals surface area contributed by atoms with Crippen molar-refractivity contribution in [1.82, 2.24) is 4.90 Å². The Morgan fingerprint density at radius 2 is 2.10 bits per heavy atom. The van der Waals surface area contributed by atoms with Crippen LogP contribution in [0.5, 0.6) is 0 Å². The van der Waals surface area contributed by atoms with Crippen molar-refractivity contribution in [1.29, 1.82) is 0 Å². The van der Waals surface area contributed by atoms with Gasteiger partial charge in [-0.3, -0.25) is 4.79 Å². The molecule has 3 atom stereocenters. The fourth-order valence-electron chi connectivity index (χ4n) is 2.37. The maximum atomic E-state index is 12.5. The van der Waals surface area contributed by atoms with Crippen LogP contribution in [0, 0.1) is 11.8 Å². The van der Waals surface area contributed by atoms with Crippen molar-refractivity contribution >= 4 is 12.0 Å². The van der Waals surface area contributed by atoms with Gasteiger partial charge in [0.05, 0.1) is 18.1 Å². The zero-order valence-corrected chi connectivity index (χ0v) is 12.9. The number of carbonyl (C=O) groups is 2. The van der Waals surface area contributed by atoms with Gasteiger partial charge in [0.1, 0.15) is 6.61 Å². The molecule has 0 aromatic heterocycles. The van der Waals surface area contributed by atoms with Crippen molar-refractivity contribution in [2.24, 2.45) is 11.8 Å². The summed E-state index contributed by atoms with van der Waals surface area (Å²) < 4.78 is 4.97. The van der Waals surface area contributed by atoms with Crippen LogP contribution < -0.4 is 0 Å². The summed E-state index contributed by atoms with van der Waals surface area (Å²) in [6, 6.07) is -0.250. The average Bonchev–Trinajstić information content (AvgIpc) is 2.78. The highest BCUT2D eigenvalue weighted by atomic mass is 16.6. The lowest BCUT2D eigenvalue weighted by molar-refractivity contribution is -0.136. The standard InChI is InChI=1S/C15H25NO4/c1-6-7-10(4)13(17)11(5)14(18)16-12(9(2)3)8-20-15(16)19/h7,9,11-13,17H,6,8H2,1-5H3/b10-7+/t11-,12-,13+/m1/s1. The Kier molecular flexibility index (Phi) is 5.74. The molecule has 1 rings (SSSR count). The maximum Gasteiger partial charge on any atom is 0.416 e. The second-order valence-corrected chi connectivity index (χ2v) is 5.69. The number of cyclic esters (lactones) is 1. The molecule has 1 aliphatic rings. The second-order valence-electron chi connectivity index (χ2n) is 5.69. The summed E-state index contributed by atoms with van der Waals surface area (Å²) in [6.07, 6.45) is 1.20. The Labute approximate surface area is 120 Å². The third-order valence-electron chi connectivity index (χ3n) is 3.77. The maximum absolute atomic E-state index is 12.5. The molecule has 1 N–H and O–H groups in total. The van der Waals surface area contributed by atoms with E-state index in [0.717, 1.165) is 16.9 Å². The van der Waals surface area contributed by atoms with Gasteiger partial charge in [-0.1, -0.05) is 33.8 Å². The summed E-state index contributed by atoms with van der Waals surface area (Å²) in [4.78, 5) is 25.4. The molecule has 0 aliphatic carbocycles. The van der Waals surface area contributed by atoms with E-state index in [1.807, 2.05) is 26.8 Å². The number of imide groups is 1. The monoisotopic (exact) mass is 283 g/mol. The van der Waals surface area contributed by atoms with E-state index in [-0.39, 0.29) is 24.5 Å². The van der Waals surface area contributed by atoms with Crippen LogP contribution in [0.4, 0.5) is 4.79 Å². The summed E-state index contributed by atoms with van der Waals surface area (Å²) in [5.74, 6) is -0.908. The predicted molar refractivity (Wildman–Crippen MR) is 76.0 cm³/mol. The number of allylic oxidation sites excluding steroid dienone is 1. The van der Waals surface area contributed by atoms with Crippen LogP contribution in [0.2, 0.25) is 0 Å². The smallest absolute Gasteiger partial charge is 0.416 e. The number of carbonyl (C=O) groups excluding carboxylic acids is 2. The third kappa shape index (κ3) is 3.39. The van der Waals surface area contributed by atoms with E-state index < -0.39 is 18.1 Å². The molecule has 114 valence electrons. The number of aliphatic hydroxyl groups excluding tert-OH is 1. The molecule has 0 bridgehead atoms. The minimum Gasteiger partial charge on any atom is -0.447 e. The molecule has 5 nitrogen and oxygen atoms in total. The minimum atomic E-state index is -0.872. The predicted octanol–water partition coefficient (Wildman–Crippen LogP) is 2.34. The van der Waals surface area contributed by atoms with E-state index in [0.29, 0.717) is 0 Å². The number of aliphatic hydroxyl groups is 1. The Morgan fingerprint density at radius 1 is 1.50 bits per heavy atom. The lowest BCUT2D eigenvalue weighted by Crippen LogP contribution is -2.46. The van der Waals surface area contributed by atoms with E-state index in [2.05, 4.69) is 0 Å². The first-order chi connectivity index (χ1) is 9.31. The number of ether oxygens (including phenoxy) is 1. The van der Waals surface area contributed by atoms with Crippen LogP contribution >= 0.6 is 0 Å². The highest BCUT2D eigenvalue weighted by Crippen LogP contribution is 2.24. The molecule has 0 aromatic rings. The molecule has 1 fully saturated rings. The van der Waals surface area contributed by atoms with Crippen LogP contribution in [0.1, 0.15) is 41.0 Å². The Hall–Kier alpha value is -1.36. The van der Waals surface area contributed by atoms with Crippen molar-refractivity contribution < 1.29 is 19.4 Å². The zero-order chi connectivity index (χ0) is 15.4. The molecular formula is C15H25NO4. The number of hydrogen-bond donors (Lipinski definition) is 1. The van der Waals surface area contributed by atoms with E-state index in [1.54, 1.807) is 13.8 Å². The van der Waals surface area contributed by atoms with Gasteiger partial charge in [-0.05, 0) is 24.8 Å². The minimum absolute atomic E-state index is 0.127. The SMILES string of the molecule is CC/C=C(\C)[C@H](O)[C@@H](C)C(=O)N1C(=O)OC[C@@H]1C(C)C. The molecule has 1 heterocycles. The highest BCUT2D eigenvalue weighted by Gasteiger charge is 2.42. The molecule has 0 spiro atoms. The van der Waals surface area contributed by atoms with Crippen molar-refractivity contribution in [2.75, 3.05) is 6.61 Å². The molecule has 2 amide bonds. The van der Waals surface area contributed by atoms with Gasteiger partial charge in [-0.2, -0.15) is 0 Å². The number of rotatable bonds is 5. The number of hydrogen-bond acceptors (Lipinski definition) is 4. The molecule has 5 heteroatoms. The van der Waals surface area contributed by atoms with Gasteiger partial charge in [0.15, 0.2) is 0 Å². The Balaban J connectivity index is 2.87. The molecule has 0 aromatic carbocycles. The molecule has 0 unspecified atom stereocenters. The quantitative estimate of drug-likeness (QED) is 0.786. The van der Waals surface area contributed by atoms with Crippen molar-refractivity contribution in [3.63, 3.8) is 0 Å². The first-order valence-electron chi connectivity index (χ1n) is 7.15. The normalized spacial score (nSPS) is 22.9. The van der Waals surface area contributed by atoms with E-state index in [4.69, 9.17) is 4.74 Å². The lowest BCUT2D eigenvalue weighted by atomic mass is 9.95. The van der Waals surface area contributed by atoms with Crippen LogP contribution in [-0.2, 0) is 9.53 Å². The summed E-state index contributed by atoms with van der Waals surface area (Å²) >= 11 is 0. The summed E-state index contributed by atoms with van der Waals surface area (Å²) in [6.45, 7) is 9.51. The molecule has 1 saturated heterocycles. The number of amides is 2. The largest absolute Gasteiger partial charge is 0.447 e. The van der Waals surface area contributed by atoms with Gasteiger partial charge in [0.2, 0.25) is 5.91 Å². The van der Waals surface area contributed by atoms with Gasteiger partial charge >= 0.3 is 6.09 Å². The van der Waals surface area contributed by atoms with Crippen LogP contribution in [-0.4, -0.2) is 40.8 Å². The van der Waals surface area contributed by atoms with Gasteiger partial charge in [-0.25, -0.2) is 9.69 Å². The van der Waals surface area contributed by atoms with Crippen LogP contribution in [0.3, 0.4) is 0 Å². The topological polar surface area (TPSA) is 66.8 Å². The first-order valence-corrected chi connectivity index (χ1v) is 7.15. The molecule has 0 radical (unpaired) electrons. The van der Waals surface area contributed by atoms with Gasteiger partial charge in [0.25, 0.3) is 0 Å². The Bertz CT molecular complexity index is 403. The summed E-state index contributed by atoms with van der Waals surface area (Å²) in [5.41, 5.74) is 0.752. The third-order valence-corrected chi connectivity index (χ3v) is 3.77. The van der Waals surface area contributed by atoms with E-state index in [1.165, 1.54) is 0 Å². The first kappa shape index (κ1) is 16.7. The van der Waals surface area contributed by atoms with E-state index >= 15 is 0 Å². The van der Waals surface area contributed by atoms with Crippen molar-refractivity contribution in [2.45, 2.75) is 53.2 Å². The van der Waals surface area contributed by atoms with Gasteiger partial charge in [0, 0.05) is 0 Å². The molecular weight excluding hydrogens is 258 g/mol. The number of nitrogens with zero attached hydrogens (tertiary/aromatic N) is 1. The molecule has 20 heavy (non-hydrogen) atoms. The fourth-order valence-corrected chi connectivity index (χ4v) is 2.37. The fraction of sp³-hybridized carbons (Fsp3) is 0.733. The summed E-state index contributed by atoms with van der Waals surface area (Å²) in [5, 5.41) is 10.2. The van der Waals surface area contributed by atoms with Gasteiger partial charge < -0.3 is 9.84 Å². The highest BCUT2D eigenvalue weighted by molar-refractivity contribution is 5.95. The molecule has 0 saturated carbocycles. The lowest BCUT2D eigenvalue weighted by Gasteiger charge is -2.27. The zero-order valence-electron chi connectivity index (χ0n) is 12.9. The van der Waals surface area contributed by atoms with E-state index in [9.17, 15) is 14.7 Å². The summed E-state index contributed by atoms with van der Waals surface area (Å²) in [7, 11) is 0. The average molecular weight is 283 g/mol.